The highest BCUT2D eigenvalue weighted by Gasteiger charge is 2.34. The molecule has 1 saturated carbocycles. The molecule has 1 unspecified atom stereocenters. The van der Waals surface area contributed by atoms with Gasteiger partial charge in [-0.2, -0.15) is 0 Å². The largest absolute Gasteiger partial charge is 0.396 e. The molecule has 0 heterocycles. The number of benzene rings is 1. The summed E-state index contributed by atoms with van der Waals surface area (Å²) in [6.07, 6.45) is 2.08. The first kappa shape index (κ1) is 14.4. The molecule has 0 saturated heterocycles. The number of halogens is 2. The van der Waals surface area contributed by atoms with Gasteiger partial charge in [-0.25, -0.2) is 21.9 Å². The number of aliphatic hydroxyl groups is 1. The van der Waals surface area contributed by atoms with Gasteiger partial charge in [-0.05, 0) is 37.3 Å². The highest BCUT2D eigenvalue weighted by molar-refractivity contribution is 7.89. The molecule has 0 spiro atoms. The fourth-order valence-corrected chi connectivity index (χ4v) is 3.36. The normalized spacial score (nSPS) is 17.4. The number of nitrogens with one attached hydrogen (secondary N) is 1. The zero-order valence-corrected chi connectivity index (χ0v) is 11.0. The average molecular weight is 291 g/mol. The Morgan fingerprint density at radius 2 is 1.84 bits per heavy atom. The standard InChI is InChI=1S/C12H15F2NO3S/c13-9-5-10(14)7-11(6-9)19(17,18)15-12(3-4-16)8-1-2-8/h5-8,12,15-16H,1-4H2. The van der Waals surface area contributed by atoms with Crippen molar-refractivity contribution in [3.05, 3.63) is 29.8 Å². The smallest absolute Gasteiger partial charge is 0.241 e. The number of sulfonamides is 1. The topological polar surface area (TPSA) is 66.4 Å². The van der Waals surface area contributed by atoms with E-state index in [4.69, 9.17) is 5.11 Å². The van der Waals surface area contributed by atoms with Crippen LogP contribution in [0.5, 0.6) is 0 Å². The van der Waals surface area contributed by atoms with Crippen LogP contribution in [0.3, 0.4) is 0 Å². The second-order valence-corrected chi connectivity index (χ2v) is 6.40. The van der Waals surface area contributed by atoms with Crippen LogP contribution in [0, 0.1) is 17.6 Å². The summed E-state index contributed by atoms with van der Waals surface area (Å²) in [5.74, 6) is -1.68. The lowest BCUT2D eigenvalue weighted by Crippen LogP contribution is -2.37. The first-order valence-electron chi connectivity index (χ1n) is 6.01. The van der Waals surface area contributed by atoms with Crippen LogP contribution in [0.4, 0.5) is 8.78 Å². The molecule has 2 rings (SSSR count). The van der Waals surface area contributed by atoms with Crippen molar-refractivity contribution in [1.29, 1.82) is 0 Å². The summed E-state index contributed by atoms with van der Waals surface area (Å²) in [6.45, 7) is -0.138. The zero-order chi connectivity index (χ0) is 14.0. The molecule has 19 heavy (non-hydrogen) atoms. The lowest BCUT2D eigenvalue weighted by atomic mass is 10.1. The van der Waals surface area contributed by atoms with E-state index in [1.807, 2.05) is 0 Å². The van der Waals surface area contributed by atoms with E-state index < -0.39 is 26.6 Å². The van der Waals surface area contributed by atoms with Gasteiger partial charge in [0.25, 0.3) is 0 Å². The van der Waals surface area contributed by atoms with Crippen LogP contribution in [-0.2, 0) is 10.0 Å². The van der Waals surface area contributed by atoms with E-state index in [9.17, 15) is 17.2 Å². The molecular formula is C12H15F2NO3S. The molecule has 4 nitrogen and oxygen atoms in total. The quantitative estimate of drug-likeness (QED) is 0.832. The van der Waals surface area contributed by atoms with E-state index in [0.717, 1.165) is 25.0 Å². The van der Waals surface area contributed by atoms with E-state index >= 15 is 0 Å². The van der Waals surface area contributed by atoms with E-state index in [1.54, 1.807) is 0 Å². The maximum absolute atomic E-state index is 13.0. The number of hydrogen-bond donors (Lipinski definition) is 2. The Kier molecular flexibility index (Phi) is 4.17. The highest BCUT2D eigenvalue weighted by atomic mass is 32.2. The summed E-state index contributed by atoms with van der Waals surface area (Å²) in [7, 11) is -3.97. The van der Waals surface area contributed by atoms with Crippen molar-refractivity contribution >= 4 is 10.0 Å². The molecule has 1 atom stereocenters. The lowest BCUT2D eigenvalue weighted by Gasteiger charge is -2.17. The third-order valence-corrected chi connectivity index (χ3v) is 4.55. The molecule has 0 bridgehead atoms. The minimum Gasteiger partial charge on any atom is -0.396 e. The van der Waals surface area contributed by atoms with Crippen molar-refractivity contribution < 1.29 is 22.3 Å². The Morgan fingerprint density at radius 3 is 2.32 bits per heavy atom. The van der Waals surface area contributed by atoms with Crippen molar-refractivity contribution in [2.75, 3.05) is 6.61 Å². The zero-order valence-electron chi connectivity index (χ0n) is 10.1. The second kappa shape index (κ2) is 5.52. The molecule has 2 N–H and O–H groups in total. The molecule has 106 valence electrons. The van der Waals surface area contributed by atoms with Crippen LogP contribution in [-0.4, -0.2) is 26.2 Å². The predicted molar refractivity (Wildman–Crippen MR) is 64.9 cm³/mol. The van der Waals surface area contributed by atoms with Crippen LogP contribution in [0.25, 0.3) is 0 Å². The average Bonchev–Trinajstić information content (AvgIpc) is 3.10. The van der Waals surface area contributed by atoms with Crippen molar-refractivity contribution in [3.8, 4) is 0 Å². The van der Waals surface area contributed by atoms with Gasteiger partial charge >= 0.3 is 0 Å². The summed E-state index contributed by atoms with van der Waals surface area (Å²) >= 11 is 0. The number of aliphatic hydroxyl groups excluding tert-OH is 1. The monoisotopic (exact) mass is 291 g/mol. The molecule has 0 aromatic heterocycles. The predicted octanol–water partition coefficient (Wildman–Crippen LogP) is 1.40. The Hall–Kier alpha value is -1.05. The van der Waals surface area contributed by atoms with Gasteiger partial charge in [0.15, 0.2) is 0 Å². The minimum atomic E-state index is -3.97. The molecule has 0 aliphatic heterocycles. The van der Waals surface area contributed by atoms with Crippen molar-refractivity contribution in [2.24, 2.45) is 5.92 Å². The molecule has 1 aliphatic rings. The summed E-state index contributed by atoms with van der Waals surface area (Å²) in [6, 6.07) is 1.77. The molecule has 0 amide bonds. The van der Waals surface area contributed by atoms with Gasteiger partial charge in [0, 0.05) is 18.7 Å². The van der Waals surface area contributed by atoms with Gasteiger partial charge in [0.1, 0.15) is 11.6 Å². The molecule has 0 radical (unpaired) electrons. The third kappa shape index (κ3) is 3.71. The lowest BCUT2D eigenvalue weighted by molar-refractivity contribution is 0.265. The van der Waals surface area contributed by atoms with Gasteiger partial charge in [-0.15, -0.1) is 0 Å². The van der Waals surface area contributed by atoms with E-state index in [1.165, 1.54) is 0 Å². The van der Waals surface area contributed by atoms with Crippen LogP contribution in [0.15, 0.2) is 23.1 Å². The van der Waals surface area contributed by atoms with Crippen molar-refractivity contribution in [1.82, 2.24) is 4.72 Å². The van der Waals surface area contributed by atoms with Crippen molar-refractivity contribution in [3.63, 3.8) is 0 Å². The molecule has 7 heteroatoms. The summed E-state index contributed by atoms with van der Waals surface area (Å²) < 4.78 is 52.5. The van der Waals surface area contributed by atoms with Crippen LogP contribution < -0.4 is 4.72 Å². The molecule has 1 fully saturated rings. The van der Waals surface area contributed by atoms with Gasteiger partial charge in [0.05, 0.1) is 4.90 Å². The molecule has 1 aromatic rings. The Morgan fingerprint density at radius 1 is 1.26 bits per heavy atom. The Balaban J connectivity index is 2.20. The molecule has 1 aliphatic carbocycles. The molecular weight excluding hydrogens is 276 g/mol. The fraction of sp³-hybridized carbons (Fsp3) is 0.500. The van der Waals surface area contributed by atoms with Crippen LogP contribution >= 0.6 is 0 Å². The summed E-state index contributed by atoms with van der Waals surface area (Å²) in [5.41, 5.74) is 0. The van der Waals surface area contributed by atoms with Crippen molar-refractivity contribution in [2.45, 2.75) is 30.2 Å². The number of rotatable bonds is 6. The maximum Gasteiger partial charge on any atom is 0.241 e. The van der Waals surface area contributed by atoms with Crippen LogP contribution in [0.2, 0.25) is 0 Å². The second-order valence-electron chi connectivity index (χ2n) is 4.68. The number of hydrogen-bond acceptors (Lipinski definition) is 3. The summed E-state index contributed by atoms with van der Waals surface area (Å²) in [5, 5.41) is 8.91. The maximum atomic E-state index is 13.0. The van der Waals surface area contributed by atoms with Gasteiger partial charge in [0.2, 0.25) is 10.0 Å². The van der Waals surface area contributed by atoms with E-state index in [-0.39, 0.29) is 18.6 Å². The van der Waals surface area contributed by atoms with Crippen LogP contribution in [0.1, 0.15) is 19.3 Å². The van der Waals surface area contributed by atoms with Gasteiger partial charge < -0.3 is 5.11 Å². The summed E-state index contributed by atoms with van der Waals surface area (Å²) in [4.78, 5) is -0.436. The Bertz CT molecular complexity index is 538. The van der Waals surface area contributed by atoms with Gasteiger partial charge in [-0.3, -0.25) is 0 Å². The Labute approximate surface area is 110 Å². The SMILES string of the molecule is O=S(=O)(NC(CCO)C1CC1)c1cc(F)cc(F)c1. The minimum absolute atomic E-state index is 0.138. The highest BCUT2D eigenvalue weighted by Crippen LogP contribution is 2.34. The van der Waals surface area contributed by atoms with E-state index in [0.29, 0.717) is 12.5 Å². The first-order chi connectivity index (χ1) is 8.92. The first-order valence-corrected chi connectivity index (χ1v) is 7.50. The fourth-order valence-electron chi connectivity index (χ4n) is 1.98. The molecule has 1 aromatic carbocycles. The third-order valence-electron chi connectivity index (χ3n) is 3.08. The van der Waals surface area contributed by atoms with Gasteiger partial charge in [-0.1, -0.05) is 0 Å². The van der Waals surface area contributed by atoms with E-state index in [2.05, 4.69) is 4.72 Å².